The molecular weight excluding hydrogens is 218 g/mol. The zero-order chi connectivity index (χ0) is 12.5. The van der Waals surface area contributed by atoms with Crippen molar-refractivity contribution in [3.8, 4) is 17.2 Å². The van der Waals surface area contributed by atoms with Crippen molar-refractivity contribution in [2.24, 2.45) is 5.73 Å². The van der Waals surface area contributed by atoms with Crippen LogP contribution in [-0.4, -0.2) is 19.3 Å². The van der Waals surface area contributed by atoms with Crippen molar-refractivity contribution in [2.45, 2.75) is 31.2 Å². The smallest absolute Gasteiger partial charge is 0.169 e. The second-order valence-electron chi connectivity index (χ2n) is 4.56. The van der Waals surface area contributed by atoms with Gasteiger partial charge in [-0.05, 0) is 25.0 Å². The van der Waals surface area contributed by atoms with E-state index in [4.69, 9.17) is 15.2 Å². The van der Waals surface area contributed by atoms with E-state index in [2.05, 4.69) is 0 Å². The average Bonchev–Trinajstić information content (AvgIpc) is 2.76. The summed E-state index contributed by atoms with van der Waals surface area (Å²) in [5.41, 5.74) is 6.57. The minimum absolute atomic E-state index is 0.187. The predicted octanol–water partition coefficient (Wildman–Crippen LogP) is 2.14. The van der Waals surface area contributed by atoms with Gasteiger partial charge in [0.25, 0.3) is 0 Å². The molecule has 17 heavy (non-hydrogen) atoms. The molecule has 0 aromatic heterocycles. The standard InChI is InChI=1S/C13H19NO3/c1-16-10-6-5-9(15)11(12(10)17-2)13(14)7-3-4-8-13/h5-6,15H,3-4,7-8,14H2,1-2H3. The van der Waals surface area contributed by atoms with Crippen LogP contribution < -0.4 is 15.2 Å². The molecule has 2 rings (SSSR count). The first-order valence-electron chi connectivity index (χ1n) is 5.85. The first kappa shape index (κ1) is 12.0. The molecule has 4 heteroatoms. The summed E-state index contributed by atoms with van der Waals surface area (Å²) in [6.07, 6.45) is 3.89. The second-order valence-corrected chi connectivity index (χ2v) is 4.56. The largest absolute Gasteiger partial charge is 0.507 e. The van der Waals surface area contributed by atoms with Gasteiger partial charge in [0.1, 0.15) is 5.75 Å². The van der Waals surface area contributed by atoms with Crippen molar-refractivity contribution in [3.63, 3.8) is 0 Å². The van der Waals surface area contributed by atoms with Gasteiger partial charge in [0.15, 0.2) is 11.5 Å². The lowest BCUT2D eigenvalue weighted by Crippen LogP contribution is -2.33. The molecule has 1 saturated carbocycles. The normalized spacial score (nSPS) is 18.1. The molecule has 1 aromatic rings. The molecule has 0 amide bonds. The van der Waals surface area contributed by atoms with Crippen molar-refractivity contribution in [1.29, 1.82) is 0 Å². The number of phenolic OH excluding ortho intramolecular Hbond substituents is 1. The van der Waals surface area contributed by atoms with Gasteiger partial charge in [-0.2, -0.15) is 0 Å². The van der Waals surface area contributed by atoms with Crippen LogP contribution in [0.3, 0.4) is 0 Å². The van der Waals surface area contributed by atoms with Crippen LogP contribution in [0.15, 0.2) is 12.1 Å². The van der Waals surface area contributed by atoms with E-state index in [-0.39, 0.29) is 5.75 Å². The van der Waals surface area contributed by atoms with Crippen molar-refractivity contribution < 1.29 is 14.6 Å². The molecule has 0 atom stereocenters. The molecule has 0 saturated heterocycles. The molecule has 0 spiro atoms. The van der Waals surface area contributed by atoms with Crippen LogP contribution >= 0.6 is 0 Å². The van der Waals surface area contributed by atoms with Gasteiger partial charge in [0, 0.05) is 5.54 Å². The van der Waals surface area contributed by atoms with E-state index in [0.29, 0.717) is 17.1 Å². The summed E-state index contributed by atoms with van der Waals surface area (Å²) in [6.45, 7) is 0. The zero-order valence-electron chi connectivity index (χ0n) is 10.3. The number of hydrogen-bond donors (Lipinski definition) is 2. The Morgan fingerprint density at radius 2 is 1.82 bits per heavy atom. The molecule has 1 aliphatic carbocycles. The van der Waals surface area contributed by atoms with E-state index in [0.717, 1.165) is 25.7 Å². The van der Waals surface area contributed by atoms with Crippen LogP contribution in [0.5, 0.6) is 17.2 Å². The van der Waals surface area contributed by atoms with Crippen LogP contribution in [0.4, 0.5) is 0 Å². The summed E-state index contributed by atoms with van der Waals surface area (Å²) in [6, 6.07) is 3.31. The Hall–Kier alpha value is -1.42. The Labute approximate surface area is 101 Å². The van der Waals surface area contributed by atoms with E-state index in [1.807, 2.05) is 0 Å². The van der Waals surface area contributed by atoms with Gasteiger partial charge in [-0.1, -0.05) is 12.8 Å². The fourth-order valence-electron chi connectivity index (χ4n) is 2.65. The van der Waals surface area contributed by atoms with E-state index in [9.17, 15) is 5.11 Å². The molecule has 3 N–H and O–H groups in total. The number of phenols is 1. The van der Waals surface area contributed by atoms with Gasteiger partial charge in [0.2, 0.25) is 0 Å². The molecule has 1 fully saturated rings. The molecule has 1 aliphatic rings. The molecular formula is C13H19NO3. The average molecular weight is 237 g/mol. The molecule has 4 nitrogen and oxygen atoms in total. The number of ether oxygens (including phenoxy) is 2. The second kappa shape index (κ2) is 4.45. The Balaban J connectivity index is 2.57. The third kappa shape index (κ3) is 1.93. The highest BCUT2D eigenvalue weighted by Crippen LogP contribution is 2.48. The van der Waals surface area contributed by atoms with Gasteiger partial charge >= 0.3 is 0 Å². The third-order valence-electron chi connectivity index (χ3n) is 3.52. The first-order valence-corrected chi connectivity index (χ1v) is 5.85. The number of methoxy groups -OCH3 is 2. The molecule has 0 radical (unpaired) electrons. The lowest BCUT2D eigenvalue weighted by Gasteiger charge is -2.27. The number of hydrogen-bond acceptors (Lipinski definition) is 4. The Morgan fingerprint density at radius 3 is 2.35 bits per heavy atom. The van der Waals surface area contributed by atoms with Crippen LogP contribution in [0.2, 0.25) is 0 Å². The molecule has 0 aliphatic heterocycles. The van der Waals surface area contributed by atoms with E-state index in [1.165, 1.54) is 0 Å². The van der Waals surface area contributed by atoms with Gasteiger partial charge in [0.05, 0.1) is 19.8 Å². The topological polar surface area (TPSA) is 64.7 Å². The summed E-state index contributed by atoms with van der Waals surface area (Å²) in [4.78, 5) is 0. The summed E-state index contributed by atoms with van der Waals surface area (Å²) in [7, 11) is 3.15. The number of aromatic hydroxyl groups is 1. The fraction of sp³-hybridized carbons (Fsp3) is 0.538. The van der Waals surface area contributed by atoms with Crippen molar-refractivity contribution in [2.75, 3.05) is 14.2 Å². The maximum atomic E-state index is 10.1. The minimum Gasteiger partial charge on any atom is -0.507 e. The summed E-state index contributed by atoms with van der Waals surface area (Å²) < 4.78 is 10.6. The van der Waals surface area contributed by atoms with E-state index >= 15 is 0 Å². The monoisotopic (exact) mass is 237 g/mol. The lowest BCUT2D eigenvalue weighted by molar-refractivity contribution is 0.327. The Morgan fingerprint density at radius 1 is 1.18 bits per heavy atom. The summed E-state index contributed by atoms with van der Waals surface area (Å²) >= 11 is 0. The number of benzene rings is 1. The highest BCUT2D eigenvalue weighted by Gasteiger charge is 2.37. The highest BCUT2D eigenvalue weighted by molar-refractivity contribution is 5.56. The maximum Gasteiger partial charge on any atom is 0.169 e. The van der Waals surface area contributed by atoms with Gasteiger partial charge in [-0.25, -0.2) is 0 Å². The molecule has 0 unspecified atom stereocenters. The SMILES string of the molecule is COc1ccc(O)c(C2(N)CCCC2)c1OC. The van der Waals surface area contributed by atoms with Crippen LogP contribution in [-0.2, 0) is 5.54 Å². The first-order chi connectivity index (χ1) is 8.12. The molecule has 0 bridgehead atoms. The minimum atomic E-state index is -0.496. The Bertz CT molecular complexity index is 411. The number of nitrogens with two attached hydrogens (primary N) is 1. The fourth-order valence-corrected chi connectivity index (χ4v) is 2.65. The molecule has 94 valence electrons. The van der Waals surface area contributed by atoms with E-state index in [1.54, 1.807) is 26.4 Å². The predicted molar refractivity (Wildman–Crippen MR) is 65.5 cm³/mol. The third-order valence-corrected chi connectivity index (χ3v) is 3.52. The summed E-state index contributed by atoms with van der Waals surface area (Å²) in [5, 5.41) is 10.1. The van der Waals surface area contributed by atoms with Crippen LogP contribution in [0, 0.1) is 0 Å². The van der Waals surface area contributed by atoms with Crippen molar-refractivity contribution >= 4 is 0 Å². The zero-order valence-corrected chi connectivity index (χ0v) is 10.3. The lowest BCUT2D eigenvalue weighted by atomic mass is 9.87. The quantitative estimate of drug-likeness (QED) is 0.845. The van der Waals surface area contributed by atoms with Gasteiger partial charge in [-0.3, -0.25) is 0 Å². The number of rotatable bonds is 3. The van der Waals surface area contributed by atoms with Gasteiger partial charge < -0.3 is 20.3 Å². The Kier molecular flexibility index (Phi) is 3.15. The van der Waals surface area contributed by atoms with Crippen LogP contribution in [0.25, 0.3) is 0 Å². The van der Waals surface area contributed by atoms with Crippen LogP contribution in [0.1, 0.15) is 31.2 Å². The van der Waals surface area contributed by atoms with Crippen molar-refractivity contribution in [1.82, 2.24) is 0 Å². The molecule has 0 heterocycles. The van der Waals surface area contributed by atoms with Crippen molar-refractivity contribution in [3.05, 3.63) is 17.7 Å². The van der Waals surface area contributed by atoms with E-state index < -0.39 is 5.54 Å². The maximum absolute atomic E-state index is 10.1. The molecule has 1 aromatic carbocycles. The summed E-state index contributed by atoms with van der Waals surface area (Å²) in [5.74, 6) is 1.35. The highest BCUT2D eigenvalue weighted by atomic mass is 16.5. The van der Waals surface area contributed by atoms with Gasteiger partial charge in [-0.15, -0.1) is 0 Å².